The van der Waals surface area contributed by atoms with Gasteiger partial charge in [0.2, 0.25) is 5.91 Å². The van der Waals surface area contributed by atoms with Gasteiger partial charge < -0.3 is 4.90 Å². The molecule has 0 atom stereocenters. The summed E-state index contributed by atoms with van der Waals surface area (Å²) in [5.74, 6) is 0.872. The molecule has 0 saturated carbocycles. The maximum absolute atomic E-state index is 13.2. The number of carbonyl (C=O) groups is 2. The summed E-state index contributed by atoms with van der Waals surface area (Å²) in [6.07, 6.45) is 0. The largest absolute Gasteiger partial charge is 0.323 e. The molecule has 4 rings (SSSR count). The average molecular weight is 398 g/mol. The summed E-state index contributed by atoms with van der Waals surface area (Å²) in [4.78, 5) is 33.1. The third kappa shape index (κ3) is 3.70. The van der Waals surface area contributed by atoms with Gasteiger partial charge in [0, 0.05) is 0 Å². The Balaban J connectivity index is 1.76. The molecule has 3 aromatic rings. The van der Waals surface area contributed by atoms with Crippen molar-refractivity contribution in [2.45, 2.75) is 13.8 Å². The molecule has 1 aliphatic heterocycles. The van der Waals surface area contributed by atoms with E-state index >= 15 is 0 Å². The van der Waals surface area contributed by atoms with Gasteiger partial charge in [-0.3, -0.25) is 14.5 Å². The Morgan fingerprint density at radius 2 is 1.93 bits per heavy atom. The highest BCUT2D eigenvalue weighted by molar-refractivity contribution is 8.00. The Bertz CT molecular complexity index is 978. The van der Waals surface area contributed by atoms with Crippen LogP contribution in [0.3, 0.4) is 0 Å². The van der Waals surface area contributed by atoms with Crippen LogP contribution in [0.2, 0.25) is 0 Å². The smallest absolute Gasteiger partial charge is 0.253 e. The topological polar surface area (TPSA) is 53.5 Å². The second-order valence-corrected chi connectivity index (χ2v) is 8.57. The molecule has 0 spiro atoms. The van der Waals surface area contributed by atoms with Crippen LogP contribution in [0.15, 0.2) is 42.5 Å². The third-order valence-electron chi connectivity index (χ3n) is 4.34. The summed E-state index contributed by atoms with van der Waals surface area (Å²) in [7, 11) is 0. The monoisotopic (exact) mass is 397 g/mol. The van der Waals surface area contributed by atoms with Gasteiger partial charge in [-0.05, 0) is 49.2 Å². The normalized spacial score (nSPS) is 14.1. The number of thioether (sulfide) groups is 1. The van der Waals surface area contributed by atoms with Gasteiger partial charge in [0.05, 0.1) is 27.5 Å². The number of anilines is 2. The number of carbonyl (C=O) groups excluding carboxylic acids is 2. The van der Waals surface area contributed by atoms with E-state index in [0.29, 0.717) is 16.8 Å². The second kappa shape index (κ2) is 7.32. The van der Waals surface area contributed by atoms with Crippen LogP contribution >= 0.6 is 23.1 Å². The predicted octanol–water partition coefficient (Wildman–Crippen LogP) is 4.11. The molecule has 2 aromatic carbocycles. The molecule has 0 aliphatic carbocycles. The summed E-state index contributed by atoms with van der Waals surface area (Å²) in [6, 6.07) is 13.9. The van der Waals surface area contributed by atoms with Crippen molar-refractivity contribution >= 4 is 55.9 Å². The zero-order valence-electron chi connectivity index (χ0n) is 15.1. The minimum Gasteiger partial charge on any atom is -0.323 e. The summed E-state index contributed by atoms with van der Waals surface area (Å²) >= 11 is 3.02. The van der Waals surface area contributed by atoms with E-state index in [4.69, 9.17) is 0 Å². The van der Waals surface area contributed by atoms with Gasteiger partial charge in [-0.25, -0.2) is 4.98 Å². The molecule has 1 fully saturated rings. The molecule has 1 aromatic heterocycles. The zero-order chi connectivity index (χ0) is 19.0. The number of fused-ring (bicyclic) bond motifs is 1. The molecule has 7 heteroatoms. The van der Waals surface area contributed by atoms with Crippen LogP contribution < -0.4 is 4.90 Å². The van der Waals surface area contributed by atoms with Crippen LogP contribution in [0, 0.1) is 13.8 Å². The van der Waals surface area contributed by atoms with Crippen molar-refractivity contribution in [3.05, 3.63) is 53.6 Å². The first-order valence-corrected chi connectivity index (χ1v) is 10.6. The molecular formula is C20H19N3O2S2. The first kappa shape index (κ1) is 18.0. The number of hydrogen-bond acceptors (Lipinski definition) is 5. The average Bonchev–Trinajstić information content (AvgIpc) is 3.20. The van der Waals surface area contributed by atoms with E-state index < -0.39 is 0 Å². The standard InChI is InChI=1S/C20H19N3O2S2/c1-13-7-14(2)9-15(8-13)23(18(24)10-22-12-26-11-19(22)25)20-21-16-5-3-4-6-17(16)27-20/h3-9H,10-12H2,1-2H3. The molecule has 1 aliphatic rings. The maximum Gasteiger partial charge on any atom is 0.253 e. The van der Waals surface area contributed by atoms with Gasteiger partial charge in [-0.2, -0.15) is 0 Å². The van der Waals surface area contributed by atoms with Crippen molar-refractivity contribution in [3.8, 4) is 0 Å². The number of thiazole rings is 1. The van der Waals surface area contributed by atoms with Crippen LogP contribution in [0.25, 0.3) is 10.2 Å². The number of benzene rings is 2. The third-order valence-corrected chi connectivity index (χ3v) is 6.31. The summed E-state index contributed by atoms with van der Waals surface area (Å²) in [5.41, 5.74) is 3.82. The minimum atomic E-state index is -0.144. The first-order valence-electron chi connectivity index (χ1n) is 8.63. The molecular weight excluding hydrogens is 378 g/mol. The van der Waals surface area contributed by atoms with Crippen molar-refractivity contribution in [1.29, 1.82) is 0 Å². The molecule has 2 amide bonds. The Morgan fingerprint density at radius 1 is 1.19 bits per heavy atom. The quantitative estimate of drug-likeness (QED) is 0.665. The van der Waals surface area contributed by atoms with Gasteiger partial charge in [0.15, 0.2) is 5.13 Å². The molecule has 0 unspecified atom stereocenters. The van der Waals surface area contributed by atoms with Crippen molar-refractivity contribution in [3.63, 3.8) is 0 Å². The van der Waals surface area contributed by atoms with E-state index in [-0.39, 0.29) is 18.4 Å². The van der Waals surface area contributed by atoms with Crippen molar-refractivity contribution in [1.82, 2.24) is 9.88 Å². The SMILES string of the molecule is Cc1cc(C)cc(N(C(=O)CN2CSCC2=O)c2nc3ccccc3s2)c1. The molecule has 138 valence electrons. The van der Waals surface area contributed by atoms with Gasteiger partial charge in [-0.1, -0.05) is 29.5 Å². The van der Waals surface area contributed by atoms with E-state index in [1.54, 1.807) is 9.80 Å². The van der Waals surface area contributed by atoms with Crippen LogP contribution in [-0.2, 0) is 9.59 Å². The number of nitrogens with zero attached hydrogens (tertiary/aromatic N) is 3. The summed E-state index contributed by atoms with van der Waals surface area (Å²) in [5, 5.41) is 0.630. The Hall–Kier alpha value is -2.38. The fraction of sp³-hybridized carbons (Fsp3) is 0.250. The van der Waals surface area contributed by atoms with E-state index in [1.807, 2.05) is 50.2 Å². The second-order valence-electron chi connectivity index (χ2n) is 6.61. The van der Waals surface area contributed by atoms with Crippen molar-refractivity contribution in [2.24, 2.45) is 0 Å². The van der Waals surface area contributed by atoms with Crippen LogP contribution in [0.1, 0.15) is 11.1 Å². The van der Waals surface area contributed by atoms with Gasteiger partial charge in [0.1, 0.15) is 6.54 Å². The number of para-hydroxylation sites is 1. The molecule has 0 radical (unpaired) electrons. The number of aryl methyl sites for hydroxylation is 2. The minimum absolute atomic E-state index is 0.0121. The molecule has 0 N–H and O–H groups in total. The van der Waals surface area contributed by atoms with Gasteiger partial charge in [0.25, 0.3) is 5.91 Å². The highest BCUT2D eigenvalue weighted by atomic mass is 32.2. The molecule has 27 heavy (non-hydrogen) atoms. The molecule has 1 saturated heterocycles. The van der Waals surface area contributed by atoms with E-state index in [2.05, 4.69) is 11.1 Å². The van der Waals surface area contributed by atoms with Crippen LogP contribution in [-0.4, -0.2) is 39.9 Å². The lowest BCUT2D eigenvalue weighted by Gasteiger charge is -2.23. The Morgan fingerprint density at radius 3 is 2.59 bits per heavy atom. The zero-order valence-corrected chi connectivity index (χ0v) is 16.8. The highest BCUT2D eigenvalue weighted by Crippen LogP contribution is 2.34. The van der Waals surface area contributed by atoms with E-state index in [1.165, 1.54) is 23.1 Å². The maximum atomic E-state index is 13.2. The predicted molar refractivity (Wildman–Crippen MR) is 112 cm³/mol. The van der Waals surface area contributed by atoms with Crippen LogP contribution in [0.4, 0.5) is 10.8 Å². The van der Waals surface area contributed by atoms with Crippen molar-refractivity contribution < 1.29 is 9.59 Å². The molecule has 2 heterocycles. The Labute approximate surface area is 166 Å². The lowest BCUT2D eigenvalue weighted by Crippen LogP contribution is -2.39. The summed E-state index contributed by atoms with van der Waals surface area (Å²) < 4.78 is 1.03. The van der Waals surface area contributed by atoms with Gasteiger partial charge in [-0.15, -0.1) is 11.8 Å². The lowest BCUT2D eigenvalue weighted by molar-refractivity contribution is -0.131. The lowest BCUT2D eigenvalue weighted by atomic mass is 10.1. The summed E-state index contributed by atoms with van der Waals surface area (Å²) in [6.45, 7) is 4.09. The highest BCUT2D eigenvalue weighted by Gasteiger charge is 2.28. The number of amides is 2. The molecule has 5 nitrogen and oxygen atoms in total. The van der Waals surface area contributed by atoms with Crippen molar-refractivity contribution in [2.75, 3.05) is 23.1 Å². The van der Waals surface area contributed by atoms with E-state index in [9.17, 15) is 9.59 Å². The number of aromatic nitrogens is 1. The first-order chi connectivity index (χ1) is 13.0. The fourth-order valence-electron chi connectivity index (χ4n) is 3.17. The van der Waals surface area contributed by atoms with Gasteiger partial charge >= 0.3 is 0 Å². The van der Waals surface area contributed by atoms with Crippen LogP contribution in [0.5, 0.6) is 0 Å². The van der Waals surface area contributed by atoms with E-state index in [0.717, 1.165) is 27.0 Å². The fourth-order valence-corrected chi connectivity index (χ4v) is 5.08. The number of rotatable bonds is 4. The number of hydrogen-bond donors (Lipinski definition) is 0. The molecule has 0 bridgehead atoms. The Kier molecular flexibility index (Phi) is 4.88.